The SMILES string of the molecule is c1ccc(OCC[O][Sb]([O]CCOc2ccccc2)([O]CCOc2ccccc2)([O]CCOc2ccccc2)[O]CCOc2ccccc2)cc1. The maximum absolute atomic E-state index is 6.61. The minimum absolute atomic E-state index is 0.0365. The quantitative estimate of drug-likeness (QED) is 0.0441. The van der Waals surface area contributed by atoms with Crippen LogP contribution in [0.5, 0.6) is 28.7 Å². The molecule has 0 saturated carbocycles. The fourth-order valence-electron chi connectivity index (χ4n) is 4.69. The third-order valence-corrected chi connectivity index (χ3v) is 15.6. The third-order valence-electron chi connectivity index (χ3n) is 6.99. The van der Waals surface area contributed by atoms with E-state index in [0.717, 1.165) is 0 Å². The van der Waals surface area contributed by atoms with Crippen molar-refractivity contribution in [1.82, 2.24) is 0 Å². The predicted octanol–water partition coefficient (Wildman–Crippen LogP) is 7.35. The molecule has 5 rings (SSSR count). The summed E-state index contributed by atoms with van der Waals surface area (Å²) in [7, 11) is 0. The topological polar surface area (TPSA) is 92.3 Å². The second-order valence-corrected chi connectivity index (χ2v) is 18.7. The standard InChI is InChI=1S/5C8H9O2.Sb/c5*9-6-7-10-8-4-2-1-3-5-8;/h5*1-5H,6-7H2;/q5*-1;+5. The van der Waals surface area contributed by atoms with Gasteiger partial charge in [-0.1, -0.05) is 0 Å². The van der Waals surface area contributed by atoms with Gasteiger partial charge in [0.25, 0.3) is 0 Å². The molecular formula is C40H45O10Sb. The minimum atomic E-state index is -6.06. The molecule has 0 N–H and O–H groups in total. The van der Waals surface area contributed by atoms with Gasteiger partial charge in [0.15, 0.2) is 0 Å². The van der Waals surface area contributed by atoms with Crippen molar-refractivity contribution in [3.8, 4) is 28.7 Å². The first-order valence-electron chi connectivity index (χ1n) is 16.9. The van der Waals surface area contributed by atoms with Crippen molar-refractivity contribution in [2.75, 3.05) is 66.1 Å². The van der Waals surface area contributed by atoms with Crippen LogP contribution in [0, 0.1) is 0 Å². The van der Waals surface area contributed by atoms with Crippen molar-refractivity contribution in [1.29, 1.82) is 0 Å². The zero-order chi connectivity index (χ0) is 35.2. The van der Waals surface area contributed by atoms with Crippen LogP contribution in [0.4, 0.5) is 0 Å². The Labute approximate surface area is 303 Å². The van der Waals surface area contributed by atoms with E-state index in [-0.39, 0.29) is 66.1 Å². The van der Waals surface area contributed by atoms with Crippen LogP contribution < -0.4 is 23.7 Å². The average Bonchev–Trinajstić information content (AvgIpc) is 3.20. The van der Waals surface area contributed by atoms with Crippen molar-refractivity contribution in [2.24, 2.45) is 0 Å². The molecule has 0 fully saturated rings. The van der Waals surface area contributed by atoms with Gasteiger partial charge in [-0.25, -0.2) is 0 Å². The number of hydrogen-bond donors (Lipinski definition) is 0. The molecule has 0 aliphatic rings. The first kappa shape index (κ1) is 38.0. The van der Waals surface area contributed by atoms with E-state index in [2.05, 4.69) is 0 Å². The van der Waals surface area contributed by atoms with Gasteiger partial charge < -0.3 is 0 Å². The van der Waals surface area contributed by atoms with Crippen LogP contribution in [-0.4, -0.2) is 85.6 Å². The molecule has 0 heterocycles. The molecule has 0 spiro atoms. The molecule has 5 aromatic carbocycles. The van der Waals surface area contributed by atoms with Crippen molar-refractivity contribution >= 4 is 19.5 Å². The first-order valence-corrected chi connectivity index (χ1v) is 22.1. The van der Waals surface area contributed by atoms with E-state index >= 15 is 0 Å². The van der Waals surface area contributed by atoms with Gasteiger partial charge in [-0.2, -0.15) is 0 Å². The molecule has 0 aromatic heterocycles. The third kappa shape index (κ3) is 13.4. The monoisotopic (exact) mass is 806 g/mol. The van der Waals surface area contributed by atoms with Gasteiger partial charge in [-0.05, 0) is 0 Å². The summed E-state index contributed by atoms with van der Waals surface area (Å²) in [5.41, 5.74) is 0. The number of hydrogen-bond acceptors (Lipinski definition) is 10. The number of ether oxygens (including phenoxy) is 5. The van der Waals surface area contributed by atoms with Crippen LogP contribution in [0.2, 0.25) is 0 Å². The van der Waals surface area contributed by atoms with Crippen molar-refractivity contribution in [3.63, 3.8) is 0 Å². The summed E-state index contributed by atoms with van der Waals surface area (Å²) in [6.07, 6.45) is 0. The fraction of sp³-hybridized carbons (Fsp3) is 0.250. The summed E-state index contributed by atoms with van der Waals surface area (Å²) < 4.78 is 62.9. The molecule has 0 radical (unpaired) electrons. The Morgan fingerprint density at radius 2 is 0.412 bits per heavy atom. The maximum atomic E-state index is 6.61. The van der Waals surface area contributed by atoms with E-state index < -0.39 is 19.5 Å². The Hall–Kier alpha value is -4.28. The zero-order valence-electron chi connectivity index (χ0n) is 28.5. The molecular weight excluding hydrogens is 762 g/mol. The Bertz CT molecular complexity index is 1320. The molecule has 0 unspecified atom stereocenters. The molecule has 0 aliphatic heterocycles. The average molecular weight is 808 g/mol. The molecule has 10 nitrogen and oxygen atoms in total. The van der Waals surface area contributed by atoms with Crippen LogP contribution in [0.25, 0.3) is 0 Å². The molecule has 0 atom stereocenters. The van der Waals surface area contributed by atoms with E-state index in [1.54, 1.807) is 0 Å². The van der Waals surface area contributed by atoms with Crippen LogP contribution in [0.1, 0.15) is 0 Å². The van der Waals surface area contributed by atoms with Gasteiger partial charge in [-0.3, -0.25) is 0 Å². The van der Waals surface area contributed by atoms with Gasteiger partial charge in [0, 0.05) is 0 Å². The van der Waals surface area contributed by atoms with Crippen LogP contribution in [-0.2, 0) is 15.1 Å². The van der Waals surface area contributed by atoms with Gasteiger partial charge in [0.05, 0.1) is 0 Å². The summed E-state index contributed by atoms with van der Waals surface area (Å²) in [6.45, 7) is 1.05. The summed E-state index contributed by atoms with van der Waals surface area (Å²) >= 11 is -6.06. The summed E-state index contributed by atoms with van der Waals surface area (Å²) in [4.78, 5) is 0. The number of para-hydroxylation sites is 5. The molecule has 270 valence electrons. The van der Waals surface area contributed by atoms with Crippen molar-refractivity contribution in [2.45, 2.75) is 0 Å². The normalized spacial score (nSPS) is 12.0. The van der Waals surface area contributed by atoms with Crippen LogP contribution >= 0.6 is 0 Å². The molecule has 5 aromatic rings. The van der Waals surface area contributed by atoms with Gasteiger partial charge in [-0.15, -0.1) is 0 Å². The van der Waals surface area contributed by atoms with Crippen LogP contribution in [0.15, 0.2) is 152 Å². The van der Waals surface area contributed by atoms with Crippen LogP contribution in [0.3, 0.4) is 0 Å². The second kappa shape index (κ2) is 21.2. The van der Waals surface area contributed by atoms with Gasteiger partial charge in [0.1, 0.15) is 0 Å². The summed E-state index contributed by atoms with van der Waals surface area (Å²) in [5.74, 6) is 3.47. The second-order valence-electron chi connectivity index (χ2n) is 10.7. The molecule has 51 heavy (non-hydrogen) atoms. The Balaban J connectivity index is 1.36. The van der Waals surface area contributed by atoms with E-state index in [0.29, 0.717) is 28.7 Å². The number of rotatable bonds is 25. The first-order chi connectivity index (χ1) is 25.2. The van der Waals surface area contributed by atoms with Crippen molar-refractivity contribution < 1.29 is 38.8 Å². The van der Waals surface area contributed by atoms with E-state index in [4.69, 9.17) is 38.8 Å². The molecule has 0 amide bonds. The molecule has 11 heteroatoms. The summed E-state index contributed by atoms with van der Waals surface area (Å²) in [6, 6.07) is 47.3. The predicted molar refractivity (Wildman–Crippen MR) is 195 cm³/mol. The Morgan fingerprint density at radius 1 is 0.235 bits per heavy atom. The Morgan fingerprint density at radius 3 is 0.588 bits per heavy atom. The van der Waals surface area contributed by atoms with E-state index in [9.17, 15) is 0 Å². The van der Waals surface area contributed by atoms with E-state index in [1.165, 1.54) is 0 Å². The number of benzene rings is 5. The Kier molecular flexibility index (Phi) is 15.8. The van der Waals surface area contributed by atoms with Crippen molar-refractivity contribution in [3.05, 3.63) is 152 Å². The van der Waals surface area contributed by atoms with Gasteiger partial charge >= 0.3 is 305 Å². The molecule has 0 bridgehead atoms. The zero-order valence-corrected chi connectivity index (χ0v) is 31.1. The fourth-order valence-corrected chi connectivity index (χ4v) is 12.1. The van der Waals surface area contributed by atoms with Gasteiger partial charge in [0.2, 0.25) is 0 Å². The summed E-state index contributed by atoms with van der Waals surface area (Å²) in [5, 5.41) is 0. The van der Waals surface area contributed by atoms with E-state index in [1.807, 2.05) is 152 Å². The molecule has 0 aliphatic carbocycles. The molecule has 0 saturated heterocycles.